The monoisotopic (exact) mass is 330 g/mol. The molecule has 1 rings (SSSR count). The standard InChI is InChI=1S/C11H21Si2.2ClH.V/c1-12(2,3)10-7-8-11(9-10)13(4,5)6;;;/h7H,8H2,1-6H3;2*1H;/q-1;;;+2/p-2. The Morgan fingerprint density at radius 1 is 0.938 bits per heavy atom. The summed E-state index contributed by atoms with van der Waals surface area (Å²) in [5.74, 6) is 0. The van der Waals surface area contributed by atoms with Gasteiger partial charge in [0.15, 0.2) is 0 Å². The Morgan fingerprint density at radius 2 is 1.38 bits per heavy atom. The van der Waals surface area contributed by atoms with Crippen molar-refractivity contribution in [2.75, 3.05) is 0 Å². The minimum absolute atomic E-state index is 0. The Balaban J connectivity index is -0.000000563. The zero-order valence-electron chi connectivity index (χ0n) is 11.0. The summed E-state index contributed by atoms with van der Waals surface area (Å²) in [5.41, 5.74) is 0. The van der Waals surface area contributed by atoms with Crippen LogP contribution >= 0.6 is 0 Å². The van der Waals surface area contributed by atoms with E-state index in [2.05, 4.69) is 51.4 Å². The minimum Gasteiger partial charge on any atom is -1.00 e. The van der Waals surface area contributed by atoms with E-state index in [1.165, 1.54) is 6.42 Å². The average molecular weight is 331 g/mol. The van der Waals surface area contributed by atoms with Crippen molar-refractivity contribution in [1.82, 2.24) is 0 Å². The molecule has 16 heavy (non-hydrogen) atoms. The molecule has 0 heterocycles. The summed E-state index contributed by atoms with van der Waals surface area (Å²) >= 11 is 0. The third-order valence-corrected chi connectivity index (χ3v) is 6.59. The molecule has 1 aliphatic carbocycles. The van der Waals surface area contributed by atoms with Gasteiger partial charge in [0.2, 0.25) is 0 Å². The summed E-state index contributed by atoms with van der Waals surface area (Å²) in [7, 11) is -2.16. The first kappa shape index (κ1) is 22.3. The quantitative estimate of drug-likeness (QED) is 0.398. The predicted octanol–water partition coefficient (Wildman–Crippen LogP) is -2.19. The molecule has 1 aliphatic rings. The van der Waals surface area contributed by atoms with Crippen LogP contribution in [0.25, 0.3) is 0 Å². The first-order valence-corrected chi connectivity index (χ1v) is 12.1. The van der Waals surface area contributed by atoms with E-state index in [1.54, 1.807) is 10.4 Å². The molecule has 0 aromatic carbocycles. The van der Waals surface area contributed by atoms with Crippen molar-refractivity contribution in [3.8, 4) is 0 Å². The summed E-state index contributed by atoms with van der Waals surface area (Å²) < 4.78 is 0. The summed E-state index contributed by atoms with van der Waals surface area (Å²) in [5, 5.41) is 3.16. The molecule has 0 aromatic rings. The molecule has 0 fully saturated rings. The number of halogens is 2. The molecule has 0 aliphatic heterocycles. The molecule has 0 nitrogen and oxygen atoms in total. The van der Waals surface area contributed by atoms with Crippen LogP contribution in [-0.2, 0) is 18.6 Å². The summed E-state index contributed by atoms with van der Waals surface area (Å²) in [6, 6.07) is 0. The molecule has 0 spiro atoms. The van der Waals surface area contributed by atoms with Crippen molar-refractivity contribution < 1.29 is 43.4 Å². The zero-order valence-corrected chi connectivity index (χ0v) is 15.9. The van der Waals surface area contributed by atoms with E-state index in [9.17, 15) is 0 Å². The van der Waals surface area contributed by atoms with Crippen LogP contribution in [0.4, 0.5) is 0 Å². The summed E-state index contributed by atoms with van der Waals surface area (Å²) in [6.45, 7) is 14.4. The molecule has 1 radical (unpaired) electrons. The molecule has 0 saturated heterocycles. The van der Waals surface area contributed by atoms with Crippen molar-refractivity contribution in [2.45, 2.75) is 45.7 Å². The Kier molecular flexibility index (Phi) is 10.4. The SMILES string of the molecule is C[Si](C)(C)C1=[C-]C([Si](C)(C)C)=CC1.[Cl-].[Cl-].[V+2]. The maximum absolute atomic E-state index is 3.67. The Morgan fingerprint density at radius 3 is 1.56 bits per heavy atom. The van der Waals surface area contributed by atoms with Crippen LogP contribution in [-0.4, -0.2) is 16.1 Å². The Hall–Kier alpha value is 1.08. The van der Waals surface area contributed by atoms with Gasteiger partial charge in [-0.05, 0) is 0 Å². The minimum atomic E-state index is -1.09. The van der Waals surface area contributed by atoms with Crippen LogP contribution < -0.4 is 24.8 Å². The second-order valence-corrected chi connectivity index (χ2v) is 16.1. The van der Waals surface area contributed by atoms with Gasteiger partial charge in [0.05, 0.1) is 8.07 Å². The van der Waals surface area contributed by atoms with Gasteiger partial charge in [-0.25, -0.2) is 11.3 Å². The molecule has 0 bridgehead atoms. The fraction of sp³-hybridized carbons (Fsp3) is 0.636. The second-order valence-electron chi connectivity index (χ2n) is 5.93. The predicted molar refractivity (Wildman–Crippen MR) is 66.1 cm³/mol. The van der Waals surface area contributed by atoms with E-state index in [0.717, 1.165) is 0 Å². The van der Waals surface area contributed by atoms with Crippen molar-refractivity contribution in [2.24, 2.45) is 0 Å². The van der Waals surface area contributed by atoms with Gasteiger partial charge in [0.25, 0.3) is 0 Å². The normalized spacial score (nSPS) is 15.1. The van der Waals surface area contributed by atoms with E-state index < -0.39 is 16.1 Å². The fourth-order valence-electron chi connectivity index (χ4n) is 1.46. The average Bonchev–Trinajstić information content (AvgIpc) is 2.28. The van der Waals surface area contributed by atoms with Gasteiger partial charge in [-0.15, -0.1) is 6.42 Å². The summed E-state index contributed by atoms with van der Waals surface area (Å²) in [6.07, 6.45) is 7.28. The third-order valence-electron chi connectivity index (χ3n) is 2.51. The molecule has 0 atom stereocenters. The largest absolute Gasteiger partial charge is 2.00 e. The van der Waals surface area contributed by atoms with Crippen LogP contribution in [0, 0.1) is 6.08 Å². The van der Waals surface area contributed by atoms with Gasteiger partial charge in [0, 0.05) is 8.07 Å². The van der Waals surface area contributed by atoms with Gasteiger partial charge in [-0.1, -0.05) is 39.3 Å². The van der Waals surface area contributed by atoms with Gasteiger partial charge >= 0.3 is 18.6 Å². The van der Waals surface area contributed by atoms with Gasteiger partial charge in [0.1, 0.15) is 0 Å². The first-order valence-electron chi connectivity index (χ1n) is 5.05. The molecule has 0 aromatic heterocycles. The fourth-order valence-corrected chi connectivity index (χ4v) is 4.05. The van der Waals surface area contributed by atoms with E-state index in [0.29, 0.717) is 0 Å². The smallest absolute Gasteiger partial charge is 1.00 e. The Bertz CT molecular complexity index is 273. The van der Waals surface area contributed by atoms with Gasteiger partial charge in [-0.3, -0.25) is 6.08 Å². The maximum atomic E-state index is 3.67. The molecule has 0 N–H and O–H groups in total. The number of hydrogen-bond acceptors (Lipinski definition) is 0. The molecular weight excluding hydrogens is 310 g/mol. The molecular formula is C11H21Cl2Si2V-. The van der Waals surface area contributed by atoms with Crippen molar-refractivity contribution in [1.29, 1.82) is 0 Å². The zero-order chi connectivity index (χ0) is 10.3. The second kappa shape index (κ2) is 7.50. The molecule has 93 valence electrons. The van der Waals surface area contributed by atoms with Crippen LogP contribution in [0.2, 0.25) is 39.3 Å². The molecule has 5 heteroatoms. The number of hydrogen-bond donors (Lipinski definition) is 0. The van der Waals surface area contributed by atoms with Crippen LogP contribution in [0.3, 0.4) is 0 Å². The number of rotatable bonds is 2. The Labute approximate surface area is 127 Å². The van der Waals surface area contributed by atoms with Crippen LogP contribution in [0.15, 0.2) is 16.5 Å². The van der Waals surface area contributed by atoms with Crippen molar-refractivity contribution >= 4 is 16.1 Å². The topological polar surface area (TPSA) is 0 Å². The molecule has 0 saturated carbocycles. The molecule has 0 unspecified atom stereocenters. The number of allylic oxidation sites excluding steroid dienone is 4. The van der Waals surface area contributed by atoms with E-state index in [4.69, 9.17) is 0 Å². The summed E-state index contributed by atoms with van der Waals surface area (Å²) in [4.78, 5) is 0. The van der Waals surface area contributed by atoms with Crippen molar-refractivity contribution in [3.05, 3.63) is 22.5 Å². The van der Waals surface area contributed by atoms with E-state index >= 15 is 0 Å². The third kappa shape index (κ3) is 6.13. The van der Waals surface area contributed by atoms with E-state index in [-0.39, 0.29) is 43.4 Å². The van der Waals surface area contributed by atoms with Crippen LogP contribution in [0.1, 0.15) is 6.42 Å². The maximum Gasteiger partial charge on any atom is 2.00 e. The van der Waals surface area contributed by atoms with Crippen LogP contribution in [0.5, 0.6) is 0 Å². The van der Waals surface area contributed by atoms with Gasteiger partial charge in [-0.2, -0.15) is 5.20 Å². The van der Waals surface area contributed by atoms with Gasteiger partial charge < -0.3 is 24.8 Å². The first-order chi connectivity index (χ1) is 5.71. The molecule has 0 amide bonds. The van der Waals surface area contributed by atoms with E-state index in [1.807, 2.05) is 0 Å². The van der Waals surface area contributed by atoms with Crippen molar-refractivity contribution in [3.63, 3.8) is 0 Å².